The summed E-state index contributed by atoms with van der Waals surface area (Å²) in [6, 6.07) is 0.185. The van der Waals surface area contributed by atoms with Crippen LogP contribution in [0.1, 0.15) is 33.6 Å². The highest BCUT2D eigenvalue weighted by Crippen LogP contribution is 2.48. The fourth-order valence-electron chi connectivity index (χ4n) is 2.14. The summed E-state index contributed by atoms with van der Waals surface area (Å²) in [7, 11) is 1.40. The van der Waals surface area contributed by atoms with Gasteiger partial charge in [0.15, 0.2) is 0 Å². The largest absolute Gasteiger partial charge is 0.469 e. The number of esters is 1. The number of methoxy groups -OCH3 is 1. The summed E-state index contributed by atoms with van der Waals surface area (Å²) in [5.74, 6) is 0.126. The monoisotopic (exact) mass is 213 g/mol. The topological polar surface area (TPSA) is 55.4 Å². The molecule has 0 radical (unpaired) electrons. The molecule has 0 saturated heterocycles. The summed E-state index contributed by atoms with van der Waals surface area (Å²) in [6.45, 7) is 5.67. The van der Waals surface area contributed by atoms with Crippen LogP contribution >= 0.6 is 0 Å². The van der Waals surface area contributed by atoms with Crippen molar-refractivity contribution >= 4 is 11.9 Å². The standard InChI is InChI=1S/C11H19NO3/c1-7(13)12-9-5-8(11(9,2)3)6-10(14)15-4/h8-9H,5-6H2,1-4H3,(H,12,13). The van der Waals surface area contributed by atoms with E-state index in [2.05, 4.69) is 23.9 Å². The second kappa shape index (κ2) is 4.21. The zero-order chi connectivity index (χ0) is 11.6. The molecule has 1 fully saturated rings. The van der Waals surface area contributed by atoms with E-state index in [-0.39, 0.29) is 23.3 Å². The maximum atomic E-state index is 11.1. The van der Waals surface area contributed by atoms with Crippen molar-refractivity contribution in [2.45, 2.75) is 39.7 Å². The smallest absolute Gasteiger partial charge is 0.305 e. The van der Waals surface area contributed by atoms with Crippen LogP contribution in [0.15, 0.2) is 0 Å². The van der Waals surface area contributed by atoms with Crippen molar-refractivity contribution in [3.63, 3.8) is 0 Å². The summed E-state index contributed by atoms with van der Waals surface area (Å²) in [5, 5.41) is 2.90. The zero-order valence-corrected chi connectivity index (χ0v) is 9.79. The van der Waals surface area contributed by atoms with Gasteiger partial charge in [-0.3, -0.25) is 9.59 Å². The average molecular weight is 213 g/mol. The second-order valence-corrected chi connectivity index (χ2v) is 4.79. The lowest BCUT2D eigenvalue weighted by Crippen LogP contribution is -2.58. The van der Waals surface area contributed by atoms with Gasteiger partial charge in [-0.25, -0.2) is 0 Å². The third-order valence-corrected chi connectivity index (χ3v) is 3.49. The molecule has 4 heteroatoms. The predicted molar refractivity (Wildman–Crippen MR) is 56.1 cm³/mol. The van der Waals surface area contributed by atoms with Crippen LogP contribution in [-0.4, -0.2) is 25.0 Å². The van der Waals surface area contributed by atoms with Gasteiger partial charge in [0.1, 0.15) is 0 Å². The van der Waals surface area contributed by atoms with Crippen LogP contribution in [0.25, 0.3) is 0 Å². The highest BCUT2D eigenvalue weighted by atomic mass is 16.5. The summed E-state index contributed by atoms with van der Waals surface area (Å²) in [6.07, 6.45) is 1.31. The third kappa shape index (κ3) is 2.49. The summed E-state index contributed by atoms with van der Waals surface area (Å²) in [5.41, 5.74) is -0.0140. The highest BCUT2D eigenvalue weighted by Gasteiger charge is 2.49. The molecule has 1 aliphatic carbocycles. The molecule has 4 nitrogen and oxygen atoms in total. The van der Waals surface area contributed by atoms with Gasteiger partial charge in [-0.1, -0.05) is 13.8 Å². The van der Waals surface area contributed by atoms with Gasteiger partial charge >= 0.3 is 5.97 Å². The Balaban J connectivity index is 2.48. The number of amides is 1. The van der Waals surface area contributed by atoms with Crippen molar-refractivity contribution in [3.05, 3.63) is 0 Å². The van der Waals surface area contributed by atoms with E-state index in [1.165, 1.54) is 14.0 Å². The van der Waals surface area contributed by atoms with Crippen molar-refractivity contribution in [1.82, 2.24) is 5.32 Å². The fourth-order valence-corrected chi connectivity index (χ4v) is 2.14. The van der Waals surface area contributed by atoms with Gasteiger partial charge in [0.05, 0.1) is 7.11 Å². The van der Waals surface area contributed by atoms with Gasteiger partial charge in [0.25, 0.3) is 0 Å². The molecule has 1 rings (SSSR count). The lowest BCUT2D eigenvalue weighted by atomic mass is 9.57. The van der Waals surface area contributed by atoms with E-state index < -0.39 is 0 Å². The maximum absolute atomic E-state index is 11.1. The molecule has 2 atom stereocenters. The van der Waals surface area contributed by atoms with Crippen LogP contribution in [0.3, 0.4) is 0 Å². The Morgan fingerprint density at radius 2 is 2.07 bits per heavy atom. The Morgan fingerprint density at radius 3 is 2.47 bits per heavy atom. The Morgan fingerprint density at radius 1 is 1.47 bits per heavy atom. The van der Waals surface area contributed by atoms with Crippen LogP contribution in [0.5, 0.6) is 0 Å². The molecular weight excluding hydrogens is 194 g/mol. The van der Waals surface area contributed by atoms with E-state index in [1.807, 2.05) is 0 Å². The van der Waals surface area contributed by atoms with E-state index in [0.29, 0.717) is 12.3 Å². The quantitative estimate of drug-likeness (QED) is 0.714. The molecule has 2 unspecified atom stereocenters. The second-order valence-electron chi connectivity index (χ2n) is 4.79. The molecule has 15 heavy (non-hydrogen) atoms. The van der Waals surface area contributed by atoms with Crippen LogP contribution in [0.4, 0.5) is 0 Å². The van der Waals surface area contributed by atoms with Gasteiger partial charge in [0.2, 0.25) is 5.91 Å². The molecule has 0 heterocycles. The predicted octanol–water partition coefficient (Wildman–Crippen LogP) is 1.10. The third-order valence-electron chi connectivity index (χ3n) is 3.49. The number of rotatable bonds is 3. The molecule has 0 spiro atoms. The molecule has 0 aliphatic heterocycles. The van der Waals surface area contributed by atoms with Crippen molar-refractivity contribution in [2.24, 2.45) is 11.3 Å². The molecule has 0 bridgehead atoms. The normalized spacial score (nSPS) is 27.7. The SMILES string of the molecule is COC(=O)CC1CC(NC(C)=O)C1(C)C. The first kappa shape index (κ1) is 12.0. The van der Waals surface area contributed by atoms with E-state index in [0.717, 1.165) is 6.42 Å². The Bertz CT molecular complexity index is 273. The summed E-state index contributed by atoms with van der Waals surface area (Å²) < 4.78 is 4.64. The lowest BCUT2D eigenvalue weighted by molar-refractivity contribution is -0.145. The number of hydrogen-bond donors (Lipinski definition) is 1. The van der Waals surface area contributed by atoms with Crippen molar-refractivity contribution in [1.29, 1.82) is 0 Å². The number of nitrogens with one attached hydrogen (secondary N) is 1. The number of hydrogen-bond acceptors (Lipinski definition) is 3. The summed E-state index contributed by atoms with van der Waals surface area (Å²) in [4.78, 5) is 22.0. The molecule has 1 saturated carbocycles. The molecule has 0 aromatic heterocycles. The van der Waals surface area contributed by atoms with Crippen LogP contribution in [0.2, 0.25) is 0 Å². The lowest BCUT2D eigenvalue weighted by Gasteiger charge is -2.52. The average Bonchev–Trinajstić information content (AvgIpc) is 2.15. The van der Waals surface area contributed by atoms with Gasteiger partial charge < -0.3 is 10.1 Å². The molecule has 1 aliphatic rings. The molecule has 0 aromatic carbocycles. The first-order valence-electron chi connectivity index (χ1n) is 5.21. The maximum Gasteiger partial charge on any atom is 0.305 e. The van der Waals surface area contributed by atoms with Crippen LogP contribution < -0.4 is 5.32 Å². The minimum absolute atomic E-state index is 0.00964. The fraction of sp³-hybridized carbons (Fsp3) is 0.818. The van der Waals surface area contributed by atoms with Crippen LogP contribution in [0, 0.1) is 11.3 Å². The zero-order valence-electron chi connectivity index (χ0n) is 9.79. The van der Waals surface area contributed by atoms with Crippen LogP contribution in [-0.2, 0) is 14.3 Å². The molecular formula is C11H19NO3. The molecule has 86 valence electrons. The van der Waals surface area contributed by atoms with Crippen molar-refractivity contribution in [3.8, 4) is 0 Å². The van der Waals surface area contributed by atoms with E-state index in [4.69, 9.17) is 0 Å². The Kier molecular flexibility index (Phi) is 3.37. The number of carbonyl (C=O) groups excluding carboxylic acids is 2. The minimum Gasteiger partial charge on any atom is -0.469 e. The van der Waals surface area contributed by atoms with Gasteiger partial charge in [0, 0.05) is 19.4 Å². The Hall–Kier alpha value is -1.06. The summed E-state index contributed by atoms with van der Waals surface area (Å²) >= 11 is 0. The first-order chi connectivity index (χ1) is 6.87. The van der Waals surface area contributed by atoms with Gasteiger partial charge in [-0.2, -0.15) is 0 Å². The van der Waals surface area contributed by atoms with E-state index >= 15 is 0 Å². The van der Waals surface area contributed by atoms with Crippen molar-refractivity contribution < 1.29 is 14.3 Å². The molecule has 1 N–H and O–H groups in total. The first-order valence-corrected chi connectivity index (χ1v) is 5.21. The molecule has 0 aromatic rings. The van der Waals surface area contributed by atoms with Gasteiger partial charge in [-0.05, 0) is 17.8 Å². The number of ether oxygens (including phenoxy) is 1. The van der Waals surface area contributed by atoms with E-state index in [1.54, 1.807) is 0 Å². The van der Waals surface area contributed by atoms with Crippen molar-refractivity contribution in [2.75, 3.05) is 7.11 Å². The Labute approximate surface area is 90.4 Å². The minimum atomic E-state index is -0.172. The molecule has 1 amide bonds. The number of carbonyl (C=O) groups is 2. The van der Waals surface area contributed by atoms with E-state index in [9.17, 15) is 9.59 Å². The van der Waals surface area contributed by atoms with Gasteiger partial charge in [-0.15, -0.1) is 0 Å². The highest BCUT2D eigenvalue weighted by molar-refractivity contribution is 5.74.